The van der Waals surface area contributed by atoms with Crippen molar-refractivity contribution in [2.24, 2.45) is 5.92 Å². The van der Waals surface area contributed by atoms with Crippen molar-refractivity contribution in [3.05, 3.63) is 0 Å². The SMILES string of the molecule is CO[NH2+][C@H](C(=O)[O-])[C@H](C)C(=O)[O-]. The Hall–Kier alpha value is -1.14. The van der Waals surface area contributed by atoms with Crippen molar-refractivity contribution in [2.75, 3.05) is 7.11 Å². The Kier molecular flexibility index (Phi) is 4.24. The van der Waals surface area contributed by atoms with Gasteiger partial charge in [0.15, 0.2) is 6.04 Å². The fourth-order valence-electron chi connectivity index (χ4n) is 0.671. The summed E-state index contributed by atoms with van der Waals surface area (Å²) in [5, 5.41) is 20.6. The molecule has 0 aliphatic rings. The lowest BCUT2D eigenvalue weighted by Gasteiger charge is -2.21. The standard InChI is InChI=1S/C6H11NO5/c1-3(5(8)9)4(6(10)11)7-12-2/h3-4,7H,1-2H3,(H,8,9)(H,10,11)/p-1/t3-,4-/m0/s1. The largest absolute Gasteiger partial charge is 0.550 e. The van der Waals surface area contributed by atoms with E-state index in [1.165, 1.54) is 14.0 Å². The molecule has 0 rings (SSSR count). The molecule has 0 bridgehead atoms. The minimum Gasteiger partial charge on any atom is -0.550 e. The number of hydrogen-bond acceptors (Lipinski definition) is 5. The summed E-state index contributed by atoms with van der Waals surface area (Å²) < 4.78 is 0. The zero-order chi connectivity index (χ0) is 9.72. The highest BCUT2D eigenvalue weighted by Crippen LogP contribution is 1.95. The lowest BCUT2D eigenvalue weighted by Crippen LogP contribution is -2.93. The summed E-state index contributed by atoms with van der Waals surface area (Å²) in [7, 11) is 1.23. The molecular weight excluding hydrogens is 166 g/mol. The fraction of sp³-hybridized carbons (Fsp3) is 0.667. The minimum absolute atomic E-state index is 0.899. The summed E-state index contributed by atoms with van der Waals surface area (Å²) >= 11 is 0. The van der Waals surface area contributed by atoms with E-state index in [0.29, 0.717) is 0 Å². The number of hydroxylamine groups is 1. The summed E-state index contributed by atoms with van der Waals surface area (Å²) in [6.45, 7) is 1.21. The van der Waals surface area contributed by atoms with E-state index in [9.17, 15) is 19.8 Å². The van der Waals surface area contributed by atoms with Gasteiger partial charge in [-0.2, -0.15) is 5.48 Å². The average molecular weight is 176 g/mol. The second kappa shape index (κ2) is 4.68. The monoisotopic (exact) mass is 176 g/mol. The van der Waals surface area contributed by atoms with Gasteiger partial charge in [-0.05, 0) is 0 Å². The smallest absolute Gasteiger partial charge is 0.163 e. The number of hydrogen-bond donors (Lipinski definition) is 1. The average Bonchev–Trinajstić information content (AvgIpc) is 1.98. The predicted octanol–water partition coefficient (Wildman–Crippen LogP) is -4.38. The van der Waals surface area contributed by atoms with Gasteiger partial charge in [-0.25, -0.2) is 4.84 Å². The quantitative estimate of drug-likeness (QED) is 0.426. The van der Waals surface area contributed by atoms with Crippen LogP contribution in [0.5, 0.6) is 0 Å². The zero-order valence-corrected chi connectivity index (χ0v) is 6.77. The molecule has 6 nitrogen and oxygen atoms in total. The Morgan fingerprint density at radius 1 is 1.33 bits per heavy atom. The Labute approximate surface area is 69.1 Å². The molecule has 2 atom stereocenters. The second-order valence-corrected chi connectivity index (χ2v) is 2.32. The molecule has 2 N–H and O–H groups in total. The molecule has 0 heterocycles. The predicted molar refractivity (Wildman–Crippen MR) is 31.9 cm³/mol. The Balaban J connectivity index is 4.28. The number of quaternary nitrogens is 1. The molecule has 0 spiro atoms. The summed E-state index contributed by atoms with van der Waals surface area (Å²) in [5.74, 6) is -4.10. The highest BCUT2D eigenvalue weighted by atomic mass is 16.6. The summed E-state index contributed by atoms with van der Waals surface area (Å²) in [4.78, 5) is 25.0. The molecule has 0 aliphatic heterocycles. The van der Waals surface area contributed by atoms with Gasteiger partial charge in [0.2, 0.25) is 0 Å². The van der Waals surface area contributed by atoms with Gasteiger partial charge >= 0.3 is 0 Å². The number of carbonyl (C=O) groups is 2. The van der Waals surface area contributed by atoms with Crippen LogP contribution in [0.2, 0.25) is 0 Å². The van der Waals surface area contributed by atoms with E-state index in [1.54, 1.807) is 0 Å². The van der Waals surface area contributed by atoms with Crippen LogP contribution in [0, 0.1) is 5.92 Å². The molecule has 0 saturated carbocycles. The van der Waals surface area contributed by atoms with E-state index in [4.69, 9.17) is 0 Å². The van der Waals surface area contributed by atoms with Gasteiger partial charge < -0.3 is 19.8 Å². The molecule has 70 valence electrons. The van der Waals surface area contributed by atoms with E-state index in [-0.39, 0.29) is 0 Å². The van der Waals surface area contributed by atoms with Crippen LogP contribution >= 0.6 is 0 Å². The summed E-state index contributed by atoms with van der Waals surface area (Å²) in [6, 6.07) is -1.28. The van der Waals surface area contributed by atoms with E-state index in [0.717, 1.165) is 5.48 Å². The molecule has 12 heavy (non-hydrogen) atoms. The minimum atomic E-state index is -1.49. The Bertz CT molecular complexity index is 181. The molecule has 6 heteroatoms. The first kappa shape index (κ1) is 10.9. The van der Waals surface area contributed by atoms with Gasteiger partial charge in [-0.3, -0.25) is 0 Å². The number of aliphatic carboxylic acids is 2. The molecule has 0 aromatic rings. The van der Waals surface area contributed by atoms with Gasteiger partial charge in [0, 0.05) is 0 Å². The first-order chi connectivity index (χ1) is 5.50. The molecule has 0 aliphatic carbocycles. The van der Waals surface area contributed by atoms with Crippen LogP contribution in [0.25, 0.3) is 0 Å². The number of rotatable bonds is 5. The van der Waals surface area contributed by atoms with E-state index >= 15 is 0 Å². The van der Waals surface area contributed by atoms with Crippen molar-refractivity contribution >= 4 is 11.9 Å². The maximum absolute atomic E-state index is 10.3. The van der Waals surface area contributed by atoms with Gasteiger partial charge in [0.05, 0.1) is 19.0 Å². The maximum atomic E-state index is 10.3. The van der Waals surface area contributed by atoms with Crippen LogP contribution in [0.4, 0.5) is 0 Å². The highest BCUT2D eigenvalue weighted by Gasteiger charge is 2.23. The van der Waals surface area contributed by atoms with Crippen molar-refractivity contribution in [3.8, 4) is 0 Å². The molecule has 0 fully saturated rings. The first-order valence-corrected chi connectivity index (χ1v) is 3.28. The molecule has 0 unspecified atom stereocenters. The van der Waals surface area contributed by atoms with Gasteiger partial charge in [0.1, 0.15) is 5.97 Å². The third-order valence-electron chi connectivity index (χ3n) is 1.47. The van der Waals surface area contributed by atoms with E-state index < -0.39 is 23.9 Å². The second-order valence-electron chi connectivity index (χ2n) is 2.32. The van der Waals surface area contributed by atoms with Crippen molar-refractivity contribution in [1.29, 1.82) is 0 Å². The molecule has 0 saturated heterocycles. The molecule has 0 amide bonds. The Morgan fingerprint density at radius 2 is 1.83 bits per heavy atom. The third kappa shape index (κ3) is 2.85. The Morgan fingerprint density at radius 3 is 2.08 bits per heavy atom. The van der Waals surface area contributed by atoms with Gasteiger partial charge in [-0.15, -0.1) is 0 Å². The van der Waals surface area contributed by atoms with Crippen molar-refractivity contribution in [3.63, 3.8) is 0 Å². The van der Waals surface area contributed by atoms with Crippen LogP contribution in [0.15, 0.2) is 0 Å². The van der Waals surface area contributed by atoms with Gasteiger partial charge in [0.25, 0.3) is 0 Å². The number of carboxylic acids is 2. The number of carbonyl (C=O) groups excluding carboxylic acids is 2. The van der Waals surface area contributed by atoms with Crippen molar-refractivity contribution in [2.45, 2.75) is 13.0 Å². The van der Waals surface area contributed by atoms with Crippen molar-refractivity contribution in [1.82, 2.24) is 0 Å². The van der Waals surface area contributed by atoms with Crippen LogP contribution in [-0.4, -0.2) is 25.1 Å². The summed E-state index contributed by atoms with van der Waals surface area (Å²) in [5.41, 5.74) is 0.899. The molecule has 0 aromatic heterocycles. The highest BCUT2D eigenvalue weighted by molar-refractivity contribution is 5.78. The molecule has 0 aromatic carbocycles. The maximum Gasteiger partial charge on any atom is 0.163 e. The number of carboxylic acid groups (broad SMARTS) is 2. The fourth-order valence-corrected chi connectivity index (χ4v) is 0.671. The normalized spacial score (nSPS) is 15.2. The van der Waals surface area contributed by atoms with Crippen LogP contribution in [0.1, 0.15) is 6.92 Å². The lowest BCUT2D eigenvalue weighted by atomic mass is 10.0. The van der Waals surface area contributed by atoms with E-state index in [1.807, 2.05) is 0 Å². The van der Waals surface area contributed by atoms with Crippen LogP contribution in [0.3, 0.4) is 0 Å². The van der Waals surface area contributed by atoms with Gasteiger partial charge in [-0.1, -0.05) is 6.92 Å². The number of nitrogens with two attached hydrogens (primary N) is 1. The molecular formula is C6H10NO5-. The third-order valence-corrected chi connectivity index (χ3v) is 1.47. The van der Waals surface area contributed by atoms with Crippen LogP contribution < -0.4 is 15.7 Å². The first-order valence-electron chi connectivity index (χ1n) is 3.28. The zero-order valence-electron chi connectivity index (χ0n) is 6.77. The summed E-state index contributed by atoms with van der Waals surface area (Å²) in [6.07, 6.45) is 0. The molecule has 0 radical (unpaired) electrons. The topological polar surface area (TPSA) is 106 Å². The van der Waals surface area contributed by atoms with E-state index in [2.05, 4.69) is 4.84 Å². The van der Waals surface area contributed by atoms with Crippen LogP contribution in [-0.2, 0) is 14.4 Å². The lowest BCUT2D eigenvalue weighted by molar-refractivity contribution is -0.908. The van der Waals surface area contributed by atoms with Crippen molar-refractivity contribution < 1.29 is 30.1 Å².